The molecule has 20 heavy (non-hydrogen) atoms. The summed E-state index contributed by atoms with van der Waals surface area (Å²) in [5.41, 5.74) is 0.234. The van der Waals surface area contributed by atoms with Crippen molar-refractivity contribution in [2.45, 2.75) is 26.7 Å². The van der Waals surface area contributed by atoms with Gasteiger partial charge in [0.1, 0.15) is 11.5 Å². The SMILES string of the molecule is CCCNC(=O)CCNC(=O)c1cncc(NCC)n1. The van der Waals surface area contributed by atoms with Gasteiger partial charge in [-0.1, -0.05) is 6.92 Å². The second kappa shape index (κ2) is 8.84. The molecule has 0 aliphatic carbocycles. The Morgan fingerprint density at radius 2 is 1.95 bits per heavy atom. The van der Waals surface area contributed by atoms with E-state index >= 15 is 0 Å². The maximum Gasteiger partial charge on any atom is 0.271 e. The van der Waals surface area contributed by atoms with Crippen molar-refractivity contribution in [3.63, 3.8) is 0 Å². The zero-order valence-corrected chi connectivity index (χ0v) is 11.9. The molecule has 1 aromatic rings. The summed E-state index contributed by atoms with van der Waals surface area (Å²) in [5.74, 6) is 0.154. The van der Waals surface area contributed by atoms with Gasteiger partial charge in [0.25, 0.3) is 5.91 Å². The van der Waals surface area contributed by atoms with Gasteiger partial charge in [-0.15, -0.1) is 0 Å². The van der Waals surface area contributed by atoms with Gasteiger partial charge in [-0.2, -0.15) is 0 Å². The van der Waals surface area contributed by atoms with E-state index in [9.17, 15) is 9.59 Å². The summed E-state index contributed by atoms with van der Waals surface area (Å²) in [6, 6.07) is 0. The van der Waals surface area contributed by atoms with Gasteiger partial charge in [0, 0.05) is 26.1 Å². The van der Waals surface area contributed by atoms with Crippen molar-refractivity contribution in [2.75, 3.05) is 25.0 Å². The monoisotopic (exact) mass is 279 g/mol. The van der Waals surface area contributed by atoms with Crippen LogP contribution < -0.4 is 16.0 Å². The van der Waals surface area contributed by atoms with E-state index in [-0.39, 0.29) is 30.5 Å². The highest BCUT2D eigenvalue weighted by Crippen LogP contribution is 2.01. The summed E-state index contributed by atoms with van der Waals surface area (Å²) >= 11 is 0. The Morgan fingerprint density at radius 3 is 2.65 bits per heavy atom. The van der Waals surface area contributed by atoms with Crippen molar-refractivity contribution in [3.8, 4) is 0 Å². The standard InChI is InChI=1S/C13H21N5O2/c1-3-6-16-12(19)5-7-17-13(20)10-8-14-9-11(18-10)15-4-2/h8-9H,3-7H2,1-2H3,(H,15,18)(H,16,19)(H,17,20). The van der Waals surface area contributed by atoms with Gasteiger partial charge >= 0.3 is 0 Å². The highest BCUT2D eigenvalue weighted by Gasteiger charge is 2.09. The zero-order valence-electron chi connectivity index (χ0n) is 11.9. The Balaban J connectivity index is 2.39. The number of hydrogen-bond acceptors (Lipinski definition) is 5. The van der Waals surface area contributed by atoms with Gasteiger partial charge in [-0.25, -0.2) is 4.98 Å². The number of nitrogens with one attached hydrogen (secondary N) is 3. The van der Waals surface area contributed by atoms with E-state index in [4.69, 9.17) is 0 Å². The van der Waals surface area contributed by atoms with Crippen LogP contribution in [-0.2, 0) is 4.79 Å². The number of carbonyl (C=O) groups excluding carboxylic acids is 2. The second-order valence-corrected chi connectivity index (χ2v) is 4.18. The maximum atomic E-state index is 11.8. The van der Waals surface area contributed by atoms with E-state index in [2.05, 4.69) is 25.9 Å². The molecule has 0 saturated carbocycles. The van der Waals surface area contributed by atoms with Gasteiger partial charge in [-0.3, -0.25) is 14.6 Å². The number of anilines is 1. The fourth-order valence-corrected chi connectivity index (χ4v) is 1.47. The van der Waals surface area contributed by atoms with Crippen LogP contribution in [0.2, 0.25) is 0 Å². The van der Waals surface area contributed by atoms with Crippen molar-refractivity contribution in [1.82, 2.24) is 20.6 Å². The van der Waals surface area contributed by atoms with E-state index < -0.39 is 0 Å². The molecule has 0 aromatic carbocycles. The third-order valence-corrected chi connectivity index (χ3v) is 2.43. The number of aromatic nitrogens is 2. The smallest absolute Gasteiger partial charge is 0.271 e. The lowest BCUT2D eigenvalue weighted by Gasteiger charge is -2.06. The molecule has 1 aromatic heterocycles. The van der Waals surface area contributed by atoms with Crippen LogP contribution in [0.4, 0.5) is 5.82 Å². The molecule has 0 aliphatic rings. The minimum Gasteiger partial charge on any atom is -0.369 e. The van der Waals surface area contributed by atoms with Crippen LogP contribution in [0.25, 0.3) is 0 Å². The first-order chi connectivity index (χ1) is 9.67. The summed E-state index contributed by atoms with van der Waals surface area (Å²) in [6.07, 6.45) is 4.10. The van der Waals surface area contributed by atoms with E-state index in [0.717, 1.165) is 6.42 Å². The van der Waals surface area contributed by atoms with Gasteiger partial charge in [0.05, 0.1) is 12.4 Å². The van der Waals surface area contributed by atoms with Gasteiger partial charge in [0.2, 0.25) is 5.91 Å². The highest BCUT2D eigenvalue weighted by atomic mass is 16.2. The van der Waals surface area contributed by atoms with Crippen molar-refractivity contribution in [3.05, 3.63) is 18.1 Å². The first kappa shape index (κ1) is 15.9. The third-order valence-electron chi connectivity index (χ3n) is 2.43. The normalized spacial score (nSPS) is 9.90. The van der Waals surface area contributed by atoms with Crippen LogP contribution in [0.15, 0.2) is 12.4 Å². The van der Waals surface area contributed by atoms with Gasteiger partial charge in [0.15, 0.2) is 0 Å². The minimum atomic E-state index is -0.333. The number of hydrogen-bond donors (Lipinski definition) is 3. The highest BCUT2D eigenvalue weighted by molar-refractivity contribution is 5.92. The Labute approximate surface area is 118 Å². The van der Waals surface area contributed by atoms with Crippen LogP contribution in [0, 0.1) is 0 Å². The van der Waals surface area contributed by atoms with Crippen molar-refractivity contribution in [1.29, 1.82) is 0 Å². The number of nitrogens with zero attached hydrogens (tertiary/aromatic N) is 2. The Hall–Kier alpha value is -2.18. The fourth-order valence-electron chi connectivity index (χ4n) is 1.47. The molecular formula is C13H21N5O2. The molecule has 7 nitrogen and oxygen atoms in total. The summed E-state index contributed by atoms with van der Waals surface area (Å²) in [4.78, 5) is 31.2. The molecule has 0 bridgehead atoms. The van der Waals surface area contributed by atoms with Crippen molar-refractivity contribution >= 4 is 17.6 Å². The largest absolute Gasteiger partial charge is 0.369 e. The Bertz CT molecular complexity index is 450. The molecule has 0 aliphatic heterocycles. The molecule has 1 rings (SSSR count). The first-order valence-electron chi connectivity index (χ1n) is 6.78. The van der Waals surface area contributed by atoms with Crippen molar-refractivity contribution < 1.29 is 9.59 Å². The first-order valence-corrected chi connectivity index (χ1v) is 6.78. The van der Waals surface area contributed by atoms with E-state index in [0.29, 0.717) is 18.9 Å². The molecule has 7 heteroatoms. The number of rotatable bonds is 8. The second-order valence-electron chi connectivity index (χ2n) is 4.18. The summed E-state index contributed by atoms with van der Waals surface area (Å²) in [5, 5.41) is 8.37. The van der Waals surface area contributed by atoms with Gasteiger partial charge in [-0.05, 0) is 13.3 Å². The summed E-state index contributed by atoms with van der Waals surface area (Å²) < 4.78 is 0. The number of carbonyl (C=O) groups is 2. The fraction of sp³-hybridized carbons (Fsp3) is 0.538. The number of amides is 2. The predicted octanol–water partition coefficient (Wildman–Crippen LogP) is 0.554. The summed E-state index contributed by atoms with van der Waals surface area (Å²) in [7, 11) is 0. The molecular weight excluding hydrogens is 258 g/mol. The van der Waals surface area contributed by atoms with Crippen LogP contribution >= 0.6 is 0 Å². The molecule has 0 saturated heterocycles. The average Bonchev–Trinajstić information content (AvgIpc) is 2.45. The lowest BCUT2D eigenvalue weighted by Crippen LogP contribution is -2.31. The van der Waals surface area contributed by atoms with E-state index in [1.165, 1.54) is 6.20 Å². The average molecular weight is 279 g/mol. The topological polar surface area (TPSA) is 96.0 Å². The predicted molar refractivity (Wildman–Crippen MR) is 76.4 cm³/mol. The molecule has 2 amide bonds. The summed E-state index contributed by atoms with van der Waals surface area (Å²) in [6.45, 7) is 5.56. The Morgan fingerprint density at radius 1 is 1.15 bits per heavy atom. The molecule has 3 N–H and O–H groups in total. The van der Waals surface area contributed by atoms with E-state index in [1.807, 2.05) is 13.8 Å². The van der Waals surface area contributed by atoms with Crippen LogP contribution in [-0.4, -0.2) is 41.4 Å². The quantitative estimate of drug-likeness (QED) is 0.646. The molecule has 0 radical (unpaired) electrons. The molecule has 1 heterocycles. The molecule has 0 unspecified atom stereocenters. The molecule has 0 atom stereocenters. The minimum absolute atomic E-state index is 0.0698. The molecule has 0 fully saturated rings. The van der Waals surface area contributed by atoms with Crippen molar-refractivity contribution in [2.24, 2.45) is 0 Å². The third kappa shape index (κ3) is 5.64. The maximum absolute atomic E-state index is 11.8. The molecule has 110 valence electrons. The van der Waals surface area contributed by atoms with Crippen LogP contribution in [0.3, 0.4) is 0 Å². The molecule has 0 spiro atoms. The van der Waals surface area contributed by atoms with Crippen LogP contribution in [0.1, 0.15) is 37.2 Å². The van der Waals surface area contributed by atoms with Crippen LogP contribution in [0.5, 0.6) is 0 Å². The lowest BCUT2D eigenvalue weighted by molar-refractivity contribution is -0.120. The Kier molecular flexibility index (Phi) is 7.02. The lowest BCUT2D eigenvalue weighted by atomic mass is 10.3. The van der Waals surface area contributed by atoms with Gasteiger partial charge < -0.3 is 16.0 Å². The van der Waals surface area contributed by atoms with E-state index in [1.54, 1.807) is 6.20 Å². The zero-order chi connectivity index (χ0) is 14.8.